The molecule has 0 amide bonds. The zero-order chi connectivity index (χ0) is 19.5. The molecule has 158 valence electrons. The first-order valence-electron chi connectivity index (χ1n) is 10.4. The number of rotatable bonds is 2. The fourth-order valence-corrected chi connectivity index (χ4v) is 5.44. The highest BCUT2D eigenvalue weighted by molar-refractivity contribution is 6.13. The summed E-state index contributed by atoms with van der Waals surface area (Å²) in [4.78, 5) is 2.67. The number of piperidine rings is 1. The van der Waals surface area contributed by atoms with Gasteiger partial charge in [0.1, 0.15) is 0 Å². The molecule has 1 atom stereocenters. The first-order valence-corrected chi connectivity index (χ1v) is 10.4. The highest BCUT2D eigenvalue weighted by Gasteiger charge is 2.32. The monoisotopic (exact) mass is 427 g/mol. The molecule has 0 spiro atoms. The number of ether oxygens (including phenoxy) is 4. The topological polar surface area (TPSA) is 40.2 Å². The van der Waals surface area contributed by atoms with Crippen LogP contribution in [0.25, 0.3) is 21.5 Å². The van der Waals surface area contributed by atoms with Gasteiger partial charge in [-0.2, -0.15) is 0 Å². The highest BCUT2D eigenvalue weighted by Crippen LogP contribution is 2.46. The number of nitrogens with zero attached hydrogens (tertiary/aromatic N) is 1. The van der Waals surface area contributed by atoms with E-state index in [0.29, 0.717) is 6.04 Å². The van der Waals surface area contributed by atoms with E-state index in [1.807, 2.05) is 0 Å². The van der Waals surface area contributed by atoms with Gasteiger partial charge in [-0.1, -0.05) is 6.42 Å². The third-order valence-corrected chi connectivity index (χ3v) is 6.89. The molecule has 6 rings (SSSR count). The Bertz CT molecular complexity index is 1150. The molecule has 1 fully saturated rings. The van der Waals surface area contributed by atoms with Gasteiger partial charge in [0.15, 0.2) is 23.0 Å². The van der Waals surface area contributed by atoms with E-state index in [-0.39, 0.29) is 19.2 Å². The van der Waals surface area contributed by atoms with Crippen LogP contribution in [0.4, 0.5) is 0 Å². The van der Waals surface area contributed by atoms with Crippen LogP contribution in [0, 0.1) is 0 Å². The molecule has 3 aliphatic heterocycles. The van der Waals surface area contributed by atoms with E-state index in [1.165, 1.54) is 58.5 Å². The van der Waals surface area contributed by atoms with Gasteiger partial charge in [-0.25, -0.2) is 0 Å². The largest absolute Gasteiger partial charge is 0.493 e. The third-order valence-electron chi connectivity index (χ3n) is 6.89. The molecular weight excluding hydrogens is 402 g/mol. The van der Waals surface area contributed by atoms with E-state index < -0.39 is 0 Å². The summed E-state index contributed by atoms with van der Waals surface area (Å²) in [7, 11) is 3.40. The molecule has 0 radical (unpaired) electrons. The van der Waals surface area contributed by atoms with Crippen LogP contribution in [0.1, 0.15) is 30.4 Å². The van der Waals surface area contributed by atoms with Gasteiger partial charge >= 0.3 is 0 Å². The molecule has 6 heteroatoms. The number of benzene rings is 3. The average Bonchev–Trinajstić information content (AvgIpc) is 3.23. The minimum atomic E-state index is 0. The van der Waals surface area contributed by atoms with Crippen molar-refractivity contribution in [3.8, 4) is 23.0 Å². The molecule has 0 N–H and O–H groups in total. The van der Waals surface area contributed by atoms with Gasteiger partial charge in [-0.15, -0.1) is 12.4 Å². The van der Waals surface area contributed by atoms with Crippen LogP contribution in [0.15, 0.2) is 24.3 Å². The van der Waals surface area contributed by atoms with E-state index in [4.69, 9.17) is 18.9 Å². The fourth-order valence-electron chi connectivity index (χ4n) is 5.44. The lowest BCUT2D eigenvalue weighted by Gasteiger charge is -2.41. The standard InChI is InChI=1S/C24H25NO4.ClH/c1-26-21-8-16-15-7-14-5-3-4-6-25(14)12-20(15)19-11-24-23(28-13-29-24)10-18(19)17(16)9-22(21)27-2;/h8-11,14H,3-7,12-13H2,1-2H3;1H. The summed E-state index contributed by atoms with van der Waals surface area (Å²) in [5.41, 5.74) is 2.88. The molecule has 3 aromatic carbocycles. The number of hydrogen-bond donors (Lipinski definition) is 0. The van der Waals surface area contributed by atoms with E-state index in [1.54, 1.807) is 14.2 Å². The Morgan fingerprint density at radius 2 is 1.47 bits per heavy atom. The average molecular weight is 428 g/mol. The minimum Gasteiger partial charge on any atom is -0.493 e. The lowest BCUT2D eigenvalue weighted by molar-refractivity contribution is 0.128. The summed E-state index contributed by atoms with van der Waals surface area (Å²) in [6.07, 6.45) is 5.01. The van der Waals surface area contributed by atoms with Crippen molar-refractivity contribution in [2.45, 2.75) is 38.3 Å². The first-order chi connectivity index (χ1) is 14.3. The van der Waals surface area contributed by atoms with E-state index in [0.717, 1.165) is 36.0 Å². The van der Waals surface area contributed by atoms with Crippen molar-refractivity contribution < 1.29 is 18.9 Å². The van der Waals surface area contributed by atoms with Crippen LogP contribution < -0.4 is 18.9 Å². The Balaban J connectivity index is 0.00000193. The van der Waals surface area contributed by atoms with Crippen LogP contribution in [0.5, 0.6) is 23.0 Å². The maximum Gasteiger partial charge on any atom is 0.231 e. The normalized spacial score (nSPS) is 19.9. The van der Waals surface area contributed by atoms with Gasteiger partial charge in [0.05, 0.1) is 14.2 Å². The molecule has 30 heavy (non-hydrogen) atoms. The zero-order valence-corrected chi connectivity index (χ0v) is 18.1. The Kier molecular flexibility index (Phi) is 4.83. The number of fused-ring (bicyclic) bond motifs is 8. The number of halogens is 1. The summed E-state index contributed by atoms with van der Waals surface area (Å²) in [5, 5.41) is 4.93. The fraction of sp³-hybridized carbons (Fsp3) is 0.417. The van der Waals surface area contributed by atoms with Gasteiger partial charge in [0.2, 0.25) is 6.79 Å². The van der Waals surface area contributed by atoms with Gasteiger partial charge in [0.25, 0.3) is 0 Å². The molecule has 0 bridgehead atoms. The molecule has 1 unspecified atom stereocenters. The minimum absolute atomic E-state index is 0. The summed E-state index contributed by atoms with van der Waals surface area (Å²) >= 11 is 0. The van der Waals surface area contributed by atoms with Crippen molar-refractivity contribution in [3.63, 3.8) is 0 Å². The molecule has 0 saturated carbocycles. The molecular formula is C24H26ClNO4. The van der Waals surface area contributed by atoms with Crippen molar-refractivity contribution >= 4 is 34.0 Å². The molecule has 0 aliphatic carbocycles. The molecule has 3 aliphatic rings. The Morgan fingerprint density at radius 1 is 0.833 bits per heavy atom. The molecule has 1 saturated heterocycles. The van der Waals surface area contributed by atoms with Crippen LogP contribution in [-0.4, -0.2) is 38.5 Å². The summed E-state index contributed by atoms with van der Waals surface area (Å²) in [5.74, 6) is 3.21. The van der Waals surface area contributed by atoms with Gasteiger partial charge in [0, 0.05) is 12.6 Å². The van der Waals surface area contributed by atoms with E-state index in [9.17, 15) is 0 Å². The summed E-state index contributed by atoms with van der Waals surface area (Å²) in [6, 6.07) is 9.23. The number of methoxy groups -OCH3 is 2. The Hall–Kier alpha value is -2.37. The van der Waals surface area contributed by atoms with Crippen molar-refractivity contribution in [2.75, 3.05) is 27.6 Å². The van der Waals surface area contributed by atoms with Crippen molar-refractivity contribution in [2.24, 2.45) is 0 Å². The second kappa shape index (κ2) is 7.40. The molecule has 5 nitrogen and oxygen atoms in total. The van der Waals surface area contributed by atoms with Crippen molar-refractivity contribution in [1.29, 1.82) is 0 Å². The van der Waals surface area contributed by atoms with Crippen molar-refractivity contribution in [1.82, 2.24) is 4.90 Å². The quantitative estimate of drug-likeness (QED) is 0.534. The summed E-state index contributed by atoms with van der Waals surface area (Å²) < 4.78 is 22.7. The van der Waals surface area contributed by atoms with E-state index in [2.05, 4.69) is 29.2 Å². The molecule has 0 aromatic heterocycles. The molecule has 3 aromatic rings. The van der Waals surface area contributed by atoms with Gasteiger partial charge in [-0.3, -0.25) is 4.90 Å². The lowest BCUT2D eigenvalue weighted by Crippen LogP contribution is -2.43. The van der Waals surface area contributed by atoms with Crippen LogP contribution >= 0.6 is 12.4 Å². The first kappa shape index (κ1) is 19.6. The number of hydrogen-bond acceptors (Lipinski definition) is 5. The third kappa shape index (κ3) is 2.79. The highest BCUT2D eigenvalue weighted by atomic mass is 35.5. The zero-order valence-electron chi connectivity index (χ0n) is 17.3. The lowest BCUT2D eigenvalue weighted by atomic mass is 9.82. The second-order valence-corrected chi connectivity index (χ2v) is 8.29. The Labute approximate surface area is 182 Å². The molecule has 3 heterocycles. The maximum atomic E-state index is 5.72. The van der Waals surface area contributed by atoms with E-state index >= 15 is 0 Å². The Morgan fingerprint density at radius 3 is 2.20 bits per heavy atom. The predicted octanol–water partition coefficient (Wildman–Crippen LogP) is 5.07. The summed E-state index contributed by atoms with van der Waals surface area (Å²) in [6.45, 7) is 2.48. The van der Waals surface area contributed by atoms with Crippen LogP contribution in [-0.2, 0) is 13.0 Å². The van der Waals surface area contributed by atoms with Gasteiger partial charge < -0.3 is 18.9 Å². The smallest absolute Gasteiger partial charge is 0.231 e. The second-order valence-electron chi connectivity index (χ2n) is 8.29. The SMILES string of the molecule is COc1cc2c3c(c4cc5c(cc4c2cc1OC)OCO5)CN1CCCCC1C3.Cl. The van der Waals surface area contributed by atoms with Crippen LogP contribution in [0.2, 0.25) is 0 Å². The van der Waals surface area contributed by atoms with Crippen LogP contribution in [0.3, 0.4) is 0 Å². The maximum absolute atomic E-state index is 5.72. The van der Waals surface area contributed by atoms with Crippen molar-refractivity contribution in [3.05, 3.63) is 35.4 Å². The van der Waals surface area contributed by atoms with Gasteiger partial charge in [-0.05, 0) is 82.7 Å². The predicted molar refractivity (Wildman–Crippen MR) is 120 cm³/mol.